The maximum atomic E-state index is 12.0. The van der Waals surface area contributed by atoms with Gasteiger partial charge in [0.15, 0.2) is 0 Å². The van der Waals surface area contributed by atoms with Gasteiger partial charge in [-0.15, -0.1) is 0 Å². The van der Waals surface area contributed by atoms with Gasteiger partial charge in [-0.25, -0.2) is 4.79 Å². The van der Waals surface area contributed by atoms with Gasteiger partial charge in [0.2, 0.25) is 0 Å². The first-order chi connectivity index (χ1) is 8.35. The molecular weight excluding hydrogens is 230 g/mol. The number of likely N-dealkylation sites (tertiary alicyclic amines) is 2. The summed E-state index contributed by atoms with van der Waals surface area (Å²) in [7, 11) is 0. The first-order valence-corrected chi connectivity index (χ1v) is 6.83. The van der Waals surface area contributed by atoms with Crippen molar-refractivity contribution in [2.75, 3.05) is 26.2 Å². The molecule has 1 atom stereocenters. The van der Waals surface area contributed by atoms with E-state index in [-0.39, 0.29) is 6.09 Å². The fraction of sp³-hybridized carbons (Fsp3) is 0.923. The van der Waals surface area contributed by atoms with Gasteiger partial charge < -0.3 is 15.4 Å². The van der Waals surface area contributed by atoms with Crippen molar-refractivity contribution in [1.82, 2.24) is 9.80 Å². The van der Waals surface area contributed by atoms with Gasteiger partial charge in [0.25, 0.3) is 0 Å². The zero-order valence-electron chi connectivity index (χ0n) is 11.7. The molecule has 18 heavy (non-hydrogen) atoms. The number of amides is 1. The Labute approximate surface area is 109 Å². The van der Waals surface area contributed by atoms with Crippen LogP contribution >= 0.6 is 0 Å². The molecule has 5 heteroatoms. The van der Waals surface area contributed by atoms with E-state index >= 15 is 0 Å². The molecule has 2 saturated heterocycles. The van der Waals surface area contributed by atoms with Crippen molar-refractivity contribution in [2.24, 2.45) is 5.73 Å². The summed E-state index contributed by atoms with van der Waals surface area (Å²) < 4.78 is 5.42. The van der Waals surface area contributed by atoms with Crippen LogP contribution in [0.2, 0.25) is 0 Å². The van der Waals surface area contributed by atoms with Gasteiger partial charge in [0, 0.05) is 38.3 Å². The van der Waals surface area contributed by atoms with Crippen molar-refractivity contribution < 1.29 is 9.53 Å². The molecule has 0 bridgehead atoms. The highest BCUT2D eigenvalue weighted by molar-refractivity contribution is 5.68. The van der Waals surface area contributed by atoms with Crippen LogP contribution in [0, 0.1) is 0 Å². The van der Waals surface area contributed by atoms with Crippen LogP contribution < -0.4 is 5.73 Å². The maximum Gasteiger partial charge on any atom is 0.410 e. The van der Waals surface area contributed by atoms with Crippen molar-refractivity contribution in [2.45, 2.75) is 51.3 Å². The van der Waals surface area contributed by atoms with Crippen LogP contribution in [-0.4, -0.2) is 59.8 Å². The fourth-order valence-electron chi connectivity index (χ4n) is 2.59. The van der Waals surface area contributed by atoms with Crippen LogP contribution in [0.25, 0.3) is 0 Å². The topological polar surface area (TPSA) is 58.8 Å². The van der Waals surface area contributed by atoms with Crippen molar-refractivity contribution in [3.05, 3.63) is 0 Å². The van der Waals surface area contributed by atoms with Crippen LogP contribution in [0.3, 0.4) is 0 Å². The smallest absolute Gasteiger partial charge is 0.410 e. The normalized spacial score (nSPS) is 26.9. The first kappa shape index (κ1) is 13.6. The Morgan fingerprint density at radius 1 is 1.28 bits per heavy atom. The molecule has 2 rings (SSSR count). The highest BCUT2D eigenvalue weighted by atomic mass is 16.6. The average Bonchev–Trinajstić information content (AvgIpc) is 2.23. The number of carbonyl (C=O) groups is 1. The molecule has 0 aromatic carbocycles. The van der Waals surface area contributed by atoms with Crippen molar-refractivity contribution in [1.29, 1.82) is 0 Å². The molecule has 104 valence electrons. The molecule has 0 saturated carbocycles. The summed E-state index contributed by atoms with van der Waals surface area (Å²) >= 11 is 0. The van der Waals surface area contributed by atoms with Crippen LogP contribution in [0.15, 0.2) is 0 Å². The molecule has 2 fully saturated rings. The van der Waals surface area contributed by atoms with Gasteiger partial charge in [-0.1, -0.05) is 0 Å². The molecule has 2 aliphatic rings. The van der Waals surface area contributed by atoms with E-state index in [0.717, 1.165) is 39.0 Å². The number of nitrogens with two attached hydrogens (primary N) is 1. The van der Waals surface area contributed by atoms with Crippen LogP contribution in [-0.2, 0) is 4.74 Å². The molecule has 0 spiro atoms. The summed E-state index contributed by atoms with van der Waals surface area (Å²) in [5, 5.41) is 0. The minimum Gasteiger partial charge on any atom is -0.444 e. The van der Waals surface area contributed by atoms with Crippen molar-refractivity contribution >= 4 is 6.09 Å². The van der Waals surface area contributed by atoms with Crippen molar-refractivity contribution in [3.63, 3.8) is 0 Å². The van der Waals surface area contributed by atoms with Gasteiger partial charge in [0.1, 0.15) is 5.60 Å². The lowest BCUT2D eigenvalue weighted by Crippen LogP contribution is -2.62. The molecule has 0 unspecified atom stereocenters. The summed E-state index contributed by atoms with van der Waals surface area (Å²) in [6.07, 6.45) is 2.03. The molecule has 1 amide bonds. The molecule has 2 N–H and O–H groups in total. The number of rotatable bonds is 1. The zero-order chi connectivity index (χ0) is 13.3. The molecular formula is C13H25N3O2. The molecule has 5 nitrogen and oxygen atoms in total. The fourth-order valence-corrected chi connectivity index (χ4v) is 2.59. The lowest BCUT2D eigenvalue weighted by atomic mass is 9.99. The molecule has 2 heterocycles. The quantitative estimate of drug-likeness (QED) is 0.760. The van der Waals surface area contributed by atoms with Crippen LogP contribution in [0.4, 0.5) is 4.79 Å². The largest absolute Gasteiger partial charge is 0.444 e. The van der Waals surface area contributed by atoms with Gasteiger partial charge in [-0.2, -0.15) is 0 Å². The average molecular weight is 255 g/mol. The second-order valence-corrected chi connectivity index (χ2v) is 6.44. The molecule has 0 aromatic rings. The second-order valence-electron chi connectivity index (χ2n) is 6.44. The Bertz CT molecular complexity index is 308. The van der Waals surface area contributed by atoms with Gasteiger partial charge in [0.05, 0.1) is 0 Å². The SMILES string of the molecule is CC(C)(C)OC(=O)N1CCC[C@@H](N2CC(N)C2)C1. The molecule has 2 aliphatic heterocycles. The summed E-state index contributed by atoms with van der Waals surface area (Å²) in [6, 6.07) is 0.785. The Balaban J connectivity index is 1.84. The van der Waals surface area contributed by atoms with Crippen LogP contribution in [0.5, 0.6) is 0 Å². The summed E-state index contributed by atoms with van der Waals surface area (Å²) in [4.78, 5) is 16.2. The van der Waals surface area contributed by atoms with E-state index in [4.69, 9.17) is 10.5 Å². The lowest BCUT2D eigenvalue weighted by molar-refractivity contribution is 0.000404. The predicted molar refractivity (Wildman–Crippen MR) is 70.4 cm³/mol. The second kappa shape index (κ2) is 5.05. The van der Waals surface area contributed by atoms with E-state index in [9.17, 15) is 4.79 Å². The standard InChI is InChI=1S/C13H25N3O2/c1-13(2,3)18-12(17)15-6-4-5-11(9-15)16-7-10(14)8-16/h10-11H,4-9,14H2,1-3H3/t11-/m1/s1. The third-order valence-corrected chi connectivity index (χ3v) is 3.50. The molecule has 0 aromatic heterocycles. The minimum atomic E-state index is -0.414. The Kier molecular flexibility index (Phi) is 3.82. The van der Waals surface area contributed by atoms with Gasteiger partial charge >= 0.3 is 6.09 Å². The Morgan fingerprint density at radius 2 is 1.94 bits per heavy atom. The van der Waals surface area contributed by atoms with Crippen LogP contribution in [0.1, 0.15) is 33.6 Å². The van der Waals surface area contributed by atoms with Crippen molar-refractivity contribution in [3.8, 4) is 0 Å². The number of hydrogen-bond donors (Lipinski definition) is 1. The molecule has 0 aliphatic carbocycles. The molecule has 0 radical (unpaired) electrons. The Morgan fingerprint density at radius 3 is 2.50 bits per heavy atom. The number of nitrogens with zero attached hydrogens (tertiary/aromatic N) is 2. The maximum absolute atomic E-state index is 12.0. The number of piperidine rings is 1. The van der Waals surface area contributed by atoms with E-state index in [1.807, 2.05) is 25.7 Å². The third-order valence-electron chi connectivity index (χ3n) is 3.50. The minimum absolute atomic E-state index is 0.183. The number of ether oxygens (including phenoxy) is 1. The lowest BCUT2D eigenvalue weighted by Gasteiger charge is -2.46. The first-order valence-electron chi connectivity index (χ1n) is 6.83. The van der Waals surface area contributed by atoms with E-state index in [2.05, 4.69) is 4.90 Å². The third kappa shape index (κ3) is 3.36. The van der Waals surface area contributed by atoms with E-state index in [1.165, 1.54) is 0 Å². The summed E-state index contributed by atoms with van der Waals surface area (Å²) in [6.45, 7) is 9.23. The number of carbonyl (C=O) groups excluding carboxylic acids is 1. The van der Waals surface area contributed by atoms with E-state index < -0.39 is 5.60 Å². The zero-order valence-corrected chi connectivity index (χ0v) is 11.7. The highest BCUT2D eigenvalue weighted by Crippen LogP contribution is 2.21. The van der Waals surface area contributed by atoms with E-state index in [1.54, 1.807) is 0 Å². The predicted octanol–water partition coefficient (Wildman–Crippen LogP) is 1.03. The monoisotopic (exact) mass is 255 g/mol. The Hall–Kier alpha value is -0.810. The highest BCUT2D eigenvalue weighted by Gasteiger charge is 2.35. The van der Waals surface area contributed by atoms with Gasteiger partial charge in [-0.05, 0) is 33.6 Å². The summed E-state index contributed by atoms with van der Waals surface area (Å²) in [5.74, 6) is 0. The van der Waals surface area contributed by atoms with E-state index in [0.29, 0.717) is 12.1 Å². The number of hydrogen-bond acceptors (Lipinski definition) is 4. The van der Waals surface area contributed by atoms with Gasteiger partial charge in [-0.3, -0.25) is 4.90 Å². The summed E-state index contributed by atoms with van der Waals surface area (Å²) in [5.41, 5.74) is 5.39.